The number of carbonyl (C=O) groups excluding carboxylic acids is 3. The van der Waals surface area contributed by atoms with Crippen LogP contribution in [0.2, 0.25) is 0 Å². The molecule has 1 aromatic carbocycles. The van der Waals surface area contributed by atoms with Crippen molar-refractivity contribution in [3.8, 4) is 0 Å². The number of aromatic nitrogens is 4. The second-order valence-corrected chi connectivity index (χ2v) is 13.8. The number of nitrogens with two attached hydrogens (primary N) is 1. The normalized spacial score (nSPS) is 12.1. The summed E-state index contributed by atoms with van der Waals surface area (Å²) in [6.07, 6.45) is 4.91. The number of fused-ring (bicyclic) bond motifs is 1. The predicted molar refractivity (Wildman–Crippen MR) is 195 cm³/mol. The van der Waals surface area contributed by atoms with Gasteiger partial charge in [-0.1, -0.05) is 20.8 Å². The summed E-state index contributed by atoms with van der Waals surface area (Å²) in [4.78, 5) is 75.8. The molecule has 0 amide bonds. The third-order valence-electron chi connectivity index (χ3n) is 8.11. The van der Waals surface area contributed by atoms with Gasteiger partial charge >= 0.3 is 5.97 Å². The van der Waals surface area contributed by atoms with Crippen LogP contribution in [-0.4, -0.2) is 88.0 Å². The molecule has 5 N–H and O–H groups in total. The maximum atomic E-state index is 12.9. The van der Waals surface area contributed by atoms with Gasteiger partial charge in [0, 0.05) is 56.6 Å². The van der Waals surface area contributed by atoms with Gasteiger partial charge in [0.1, 0.15) is 11.6 Å². The lowest BCUT2D eigenvalue weighted by atomic mass is 9.89. The summed E-state index contributed by atoms with van der Waals surface area (Å²) in [6.45, 7) is 9.19. The lowest BCUT2D eigenvalue weighted by Gasteiger charge is -2.16. The summed E-state index contributed by atoms with van der Waals surface area (Å²) in [7, 11) is 0. The van der Waals surface area contributed by atoms with Crippen molar-refractivity contribution in [1.29, 1.82) is 0 Å². The van der Waals surface area contributed by atoms with Crippen LogP contribution in [0.15, 0.2) is 35.3 Å². The fraction of sp³-hybridized carbons (Fsp3) is 0.568. The van der Waals surface area contributed by atoms with Gasteiger partial charge in [0.05, 0.1) is 50.8 Å². The molecule has 0 fully saturated rings. The fourth-order valence-electron chi connectivity index (χ4n) is 5.06. The van der Waals surface area contributed by atoms with E-state index >= 15 is 0 Å². The van der Waals surface area contributed by atoms with Crippen LogP contribution in [0, 0.1) is 11.3 Å². The zero-order chi connectivity index (χ0) is 37.9. The van der Waals surface area contributed by atoms with Crippen LogP contribution >= 0.6 is 0 Å². The minimum Gasteiger partial charge on any atom is -0.481 e. The second kappa shape index (κ2) is 21.7. The number of benzene rings is 1. The number of nitrogens with zero attached hydrogens (tertiary/aromatic N) is 3. The number of rotatable bonds is 26. The number of H-pyrrole nitrogens is 1. The first-order valence-electron chi connectivity index (χ1n) is 17.7. The van der Waals surface area contributed by atoms with Crippen molar-refractivity contribution in [2.45, 2.75) is 85.1 Å². The van der Waals surface area contributed by atoms with Gasteiger partial charge in [-0.15, -0.1) is 0 Å². The van der Waals surface area contributed by atoms with Crippen molar-refractivity contribution in [2.75, 3.05) is 50.7 Å². The monoisotopic (exact) mass is 724 g/mol. The molecule has 0 saturated carbocycles. The number of ketones is 3. The van der Waals surface area contributed by atoms with E-state index < -0.39 is 17.4 Å². The largest absolute Gasteiger partial charge is 0.481 e. The number of aliphatic carboxylic acids is 1. The number of hydrogen-bond donors (Lipinski definition) is 4. The Kier molecular flexibility index (Phi) is 17.4. The van der Waals surface area contributed by atoms with Crippen molar-refractivity contribution in [3.05, 3.63) is 52.1 Å². The van der Waals surface area contributed by atoms with Crippen molar-refractivity contribution >= 4 is 46.1 Å². The number of carboxylic acid groups (broad SMARTS) is 1. The zero-order valence-electron chi connectivity index (χ0n) is 30.4. The first-order chi connectivity index (χ1) is 24.8. The first kappa shape index (κ1) is 41.8. The van der Waals surface area contributed by atoms with Crippen LogP contribution in [0.3, 0.4) is 0 Å². The maximum absolute atomic E-state index is 12.9. The summed E-state index contributed by atoms with van der Waals surface area (Å²) < 4.78 is 16.5. The summed E-state index contributed by atoms with van der Waals surface area (Å²) in [5.41, 5.74) is 6.94. The summed E-state index contributed by atoms with van der Waals surface area (Å²) in [6, 6.07) is 6.56. The molecule has 0 aliphatic carbocycles. The van der Waals surface area contributed by atoms with E-state index in [-0.39, 0.29) is 72.1 Å². The highest BCUT2D eigenvalue weighted by atomic mass is 16.5. The van der Waals surface area contributed by atoms with Gasteiger partial charge in [-0.3, -0.25) is 29.0 Å². The highest BCUT2D eigenvalue weighted by Gasteiger charge is 2.23. The van der Waals surface area contributed by atoms with Crippen LogP contribution < -0.4 is 16.6 Å². The Morgan fingerprint density at radius 3 is 2.06 bits per heavy atom. The average Bonchev–Trinajstić information content (AvgIpc) is 3.10. The quantitative estimate of drug-likeness (QED) is 0.0659. The van der Waals surface area contributed by atoms with Gasteiger partial charge in [-0.25, -0.2) is 9.97 Å². The molecule has 0 saturated heterocycles. The third-order valence-corrected chi connectivity index (χ3v) is 8.11. The topological polar surface area (TPSA) is 226 Å². The minimum absolute atomic E-state index is 0.0465. The molecule has 52 heavy (non-hydrogen) atoms. The second-order valence-electron chi connectivity index (χ2n) is 13.8. The summed E-state index contributed by atoms with van der Waals surface area (Å²) >= 11 is 0. The summed E-state index contributed by atoms with van der Waals surface area (Å²) in [5.74, 6) is -2.29. The smallest absolute Gasteiger partial charge is 0.306 e. The van der Waals surface area contributed by atoms with Gasteiger partial charge in [0.15, 0.2) is 16.9 Å². The minimum atomic E-state index is -1.12. The highest BCUT2D eigenvalue weighted by molar-refractivity contribution is 5.98. The zero-order valence-corrected chi connectivity index (χ0v) is 30.4. The number of nitrogen functional groups attached to an aromatic ring is 1. The van der Waals surface area contributed by atoms with E-state index in [1.165, 1.54) is 6.20 Å². The van der Waals surface area contributed by atoms with E-state index in [1.54, 1.807) is 24.3 Å². The molecule has 0 bridgehead atoms. The van der Waals surface area contributed by atoms with Crippen LogP contribution in [-0.2, 0) is 35.1 Å². The van der Waals surface area contributed by atoms with E-state index in [0.717, 1.165) is 6.42 Å². The van der Waals surface area contributed by atoms with E-state index in [9.17, 15) is 29.1 Å². The van der Waals surface area contributed by atoms with Crippen LogP contribution in [0.5, 0.6) is 0 Å². The number of anilines is 2. The van der Waals surface area contributed by atoms with E-state index in [0.29, 0.717) is 82.3 Å². The van der Waals surface area contributed by atoms with Crippen molar-refractivity contribution < 1.29 is 38.5 Å². The molecule has 1 atom stereocenters. The Morgan fingerprint density at radius 2 is 1.46 bits per heavy atom. The lowest BCUT2D eigenvalue weighted by Crippen LogP contribution is -2.19. The first-order valence-corrected chi connectivity index (χ1v) is 17.7. The molecule has 0 aliphatic rings. The fourth-order valence-corrected chi connectivity index (χ4v) is 5.06. The van der Waals surface area contributed by atoms with E-state index in [2.05, 4.69) is 46.0 Å². The molecule has 0 aliphatic heterocycles. The van der Waals surface area contributed by atoms with Gasteiger partial charge < -0.3 is 30.4 Å². The number of hydrogen-bond acceptors (Lipinski definition) is 13. The molecule has 15 nitrogen and oxygen atoms in total. The van der Waals surface area contributed by atoms with Crippen molar-refractivity contribution in [3.63, 3.8) is 0 Å². The van der Waals surface area contributed by atoms with Crippen molar-refractivity contribution in [2.24, 2.45) is 11.3 Å². The van der Waals surface area contributed by atoms with Gasteiger partial charge in [0.2, 0.25) is 5.95 Å². The number of ether oxygens (including phenoxy) is 3. The van der Waals surface area contributed by atoms with E-state index in [4.69, 9.17) is 19.9 Å². The molecule has 2 aromatic heterocycles. The van der Waals surface area contributed by atoms with Crippen LogP contribution in [0.4, 0.5) is 11.6 Å². The Morgan fingerprint density at radius 1 is 0.865 bits per heavy atom. The Balaban J connectivity index is 1.23. The molecule has 3 rings (SSSR count). The molecular weight excluding hydrogens is 672 g/mol. The average molecular weight is 725 g/mol. The maximum Gasteiger partial charge on any atom is 0.306 e. The summed E-state index contributed by atoms with van der Waals surface area (Å²) in [5, 5.41) is 12.8. The highest BCUT2D eigenvalue weighted by Crippen LogP contribution is 2.21. The van der Waals surface area contributed by atoms with Gasteiger partial charge in [0.25, 0.3) is 5.56 Å². The number of carboxylic acids is 1. The van der Waals surface area contributed by atoms with E-state index in [1.807, 2.05) is 0 Å². The number of Topliss-reactive ketones (excluding diaryl/α,β-unsaturated/α-hetero) is 3. The molecule has 284 valence electrons. The third kappa shape index (κ3) is 16.2. The Bertz CT molecular complexity index is 1670. The lowest BCUT2D eigenvalue weighted by molar-refractivity contribution is -0.142. The van der Waals surface area contributed by atoms with Gasteiger partial charge in [-0.05, 0) is 55.4 Å². The number of nitrogens with one attached hydrogen (secondary N) is 2. The Hall–Kier alpha value is -4.60. The van der Waals surface area contributed by atoms with Crippen LogP contribution in [0.1, 0.15) is 94.6 Å². The molecule has 3 aromatic rings. The molecule has 0 radical (unpaired) electrons. The predicted octanol–water partition coefficient (Wildman–Crippen LogP) is 4.54. The standard InChI is InChI=1S/C37H52N6O9/c1-37(2,3)15-14-30(45)7-5-17-51-19-21-52-20-18-50-16-4-6-29(44)13-10-26(35(48)49)22-31(46)25-8-11-27(12-9-25)39-23-28-24-40-33-32(41-28)34(47)43-36(38)42-33/h8-9,11-12,24,26,39H,4-7,10,13-23H2,1-3H3,(H,48,49)(H3,38,40,42,43,47)/t26-/m1/s1. The molecule has 15 heteroatoms. The molecule has 2 heterocycles. The molecular formula is C37H52N6O9. The van der Waals surface area contributed by atoms with Crippen molar-refractivity contribution in [1.82, 2.24) is 19.9 Å². The Labute approximate surface area is 303 Å². The van der Waals surface area contributed by atoms with Crippen LogP contribution in [0.25, 0.3) is 11.2 Å². The SMILES string of the molecule is CC(C)(C)CCC(=O)CCCOCCOCCOCCCC(=O)CC[C@H](CC(=O)c1ccc(NCc2cnc3nc(N)[nH]c(=O)c3n2)cc1)C(=O)O. The van der Waals surface area contributed by atoms with Gasteiger partial charge in [-0.2, -0.15) is 4.98 Å². The number of carbonyl (C=O) groups is 4. The molecule has 0 spiro atoms. The number of aromatic amines is 1. The molecule has 0 unspecified atom stereocenters.